The molecule has 0 N–H and O–H groups in total. The summed E-state index contributed by atoms with van der Waals surface area (Å²) < 4.78 is 0. The molecule has 0 aromatic carbocycles. The first-order chi connectivity index (χ1) is 14.5. The molecule has 4 fully saturated rings. The van der Waals surface area contributed by atoms with E-state index in [1.54, 1.807) is 9.80 Å². The largest absolute Gasteiger partial charge is 0.389 e. The van der Waals surface area contributed by atoms with E-state index in [0.717, 1.165) is 38.5 Å². The van der Waals surface area contributed by atoms with Gasteiger partial charge in [-0.3, -0.25) is 9.59 Å². The predicted molar refractivity (Wildman–Crippen MR) is 109 cm³/mol. The quantitative estimate of drug-likeness (QED) is 0.648. The van der Waals surface area contributed by atoms with Crippen molar-refractivity contribution in [1.29, 1.82) is 0 Å². The second kappa shape index (κ2) is 6.69. The van der Waals surface area contributed by atoms with Gasteiger partial charge < -0.3 is 19.5 Å². The zero-order chi connectivity index (χ0) is 20.3. The Balaban J connectivity index is 0.995. The van der Waals surface area contributed by atoms with E-state index in [9.17, 15) is 9.59 Å². The monoisotopic (exact) mass is 414 g/mol. The van der Waals surface area contributed by atoms with Crippen molar-refractivity contribution in [1.82, 2.24) is 9.80 Å². The van der Waals surface area contributed by atoms with Gasteiger partial charge in [-0.1, -0.05) is 10.3 Å². The summed E-state index contributed by atoms with van der Waals surface area (Å²) in [5, 5.41) is 8.65. The van der Waals surface area contributed by atoms with Gasteiger partial charge in [-0.2, -0.15) is 0 Å². The minimum atomic E-state index is -0.371. The highest BCUT2D eigenvalue weighted by Crippen LogP contribution is 2.43. The summed E-state index contributed by atoms with van der Waals surface area (Å²) in [6.07, 6.45) is 9.73. The number of oxime groups is 2. The maximum absolute atomic E-state index is 12.9. The Labute approximate surface area is 176 Å². The van der Waals surface area contributed by atoms with Crippen LogP contribution in [0.3, 0.4) is 0 Å². The van der Waals surface area contributed by atoms with Crippen LogP contribution in [-0.4, -0.2) is 70.4 Å². The normalized spacial score (nSPS) is 29.5. The summed E-state index contributed by atoms with van der Waals surface area (Å²) >= 11 is 0. The molecule has 2 saturated heterocycles. The van der Waals surface area contributed by atoms with Gasteiger partial charge in [-0.05, 0) is 25.7 Å². The van der Waals surface area contributed by atoms with Crippen molar-refractivity contribution >= 4 is 23.2 Å². The second-order valence-electron chi connectivity index (χ2n) is 10.2. The van der Waals surface area contributed by atoms with Gasteiger partial charge in [-0.25, -0.2) is 0 Å². The van der Waals surface area contributed by atoms with Gasteiger partial charge in [0.25, 0.3) is 0 Å². The maximum Gasteiger partial charge on any atom is 0.312 e. The standard InChI is InChI=1S/C22H30N4O4/c27-19(25-9-5-21(6-10-25)13-17(23-29-21)15-1-2-15)20(28)26-11-7-22(8-12-26)14-18(24-30-22)16-3-4-16/h15-16H,1-14H2. The SMILES string of the molecule is O=C(C(=O)N1CCC2(CC1)CC(C1CC1)=NO2)N1CCC2(CC1)CC(C1CC1)=NO2. The summed E-state index contributed by atoms with van der Waals surface area (Å²) in [6.45, 7) is 2.27. The molecule has 0 radical (unpaired) electrons. The van der Waals surface area contributed by atoms with Crippen LogP contribution in [0.25, 0.3) is 0 Å². The fourth-order valence-electron chi connectivity index (χ4n) is 5.41. The molecule has 0 bridgehead atoms. The summed E-state index contributed by atoms with van der Waals surface area (Å²) in [5.74, 6) is 0.513. The van der Waals surface area contributed by atoms with E-state index in [4.69, 9.17) is 9.68 Å². The molecular weight excluding hydrogens is 384 g/mol. The van der Waals surface area contributed by atoms with Crippen LogP contribution in [-0.2, 0) is 19.3 Å². The first-order valence-electron chi connectivity index (χ1n) is 11.6. The van der Waals surface area contributed by atoms with Gasteiger partial charge in [0.15, 0.2) is 0 Å². The van der Waals surface area contributed by atoms with E-state index in [1.807, 2.05) is 0 Å². The predicted octanol–water partition coefficient (Wildman–Crippen LogP) is 2.08. The van der Waals surface area contributed by atoms with Gasteiger partial charge in [0, 0.05) is 76.5 Å². The number of likely N-dealkylation sites (tertiary alicyclic amines) is 2. The van der Waals surface area contributed by atoms with E-state index >= 15 is 0 Å². The summed E-state index contributed by atoms with van der Waals surface area (Å²) in [6, 6.07) is 0. The molecule has 8 heteroatoms. The summed E-state index contributed by atoms with van der Waals surface area (Å²) in [7, 11) is 0. The smallest absolute Gasteiger partial charge is 0.312 e. The van der Waals surface area contributed by atoms with Crippen LogP contribution in [0.1, 0.15) is 64.2 Å². The highest BCUT2D eigenvalue weighted by atomic mass is 16.7. The van der Waals surface area contributed by atoms with Crippen molar-refractivity contribution in [3.8, 4) is 0 Å². The fraction of sp³-hybridized carbons (Fsp3) is 0.818. The van der Waals surface area contributed by atoms with Crippen LogP contribution in [0.4, 0.5) is 0 Å². The molecule has 2 saturated carbocycles. The molecule has 2 aliphatic carbocycles. The van der Waals surface area contributed by atoms with E-state index in [2.05, 4.69) is 10.3 Å². The van der Waals surface area contributed by atoms with Crippen LogP contribution >= 0.6 is 0 Å². The number of hydrogen-bond donors (Lipinski definition) is 0. The molecular formula is C22H30N4O4. The second-order valence-corrected chi connectivity index (χ2v) is 10.2. The Kier molecular flexibility index (Phi) is 4.15. The van der Waals surface area contributed by atoms with Crippen molar-refractivity contribution in [2.24, 2.45) is 22.1 Å². The first kappa shape index (κ1) is 18.6. The fourth-order valence-corrected chi connectivity index (χ4v) is 5.41. The molecule has 162 valence electrons. The van der Waals surface area contributed by atoms with Crippen molar-refractivity contribution in [2.45, 2.75) is 75.4 Å². The Hall–Kier alpha value is -2.12. The van der Waals surface area contributed by atoms with E-state index in [1.165, 1.54) is 37.1 Å². The number of rotatable bonds is 2. The Morgan fingerprint density at radius 2 is 1.07 bits per heavy atom. The molecule has 8 nitrogen and oxygen atoms in total. The minimum Gasteiger partial charge on any atom is -0.389 e. The molecule has 4 heterocycles. The van der Waals surface area contributed by atoms with E-state index in [-0.39, 0.29) is 23.0 Å². The van der Waals surface area contributed by atoms with Gasteiger partial charge in [0.1, 0.15) is 11.2 Å². The van der Waals surface area contributed by atoms with Crippen LogP contribution < -0.4 is 0 Å². The Morgan fingerprint density at radius 1 is 0.700 bits per heavy atom. The lowest BCUT2D eigenvalue weighted by atomic mass is 9.85. The highest BCUT2D eigenvalue weighted by Gasteiger charge is 2.49. The van der Waals surface area contributed by atoms with Crippen LogP contribution in [0.15, 0.2) is 10.3 Å². The van der Waals surface area contributed by atoms with Crippen molar-refractivity contribution < 1.29 is 19.3 Å². The zero-order valence-electron chi connectivity index (χ0n) is 17.5. The lowest BCUT2D eigenvalue weighted by Crippen LogP contribution is -2.54. The number of piperidine rings is 2. The molecule has 6 rings (SSSR count). The van der Waals surface area contributed by atoms with Crippen LogP contribution in [0.2, 0.25) is 0 Å². The van der Waals surface area contributed by atoms with Gasteiger partial charge in [0.05, 0.1) is 11.4 Å². The first-order valence-corrected chi connectivity index (χ1v) is 11.6. The third-order valence-corrected chi connectivity index (χ3v) is 7.92. The molecule has 0 aromatic heterocycles. The van der Waals surface area contributed by atoms with Crippen LogP contribution in [0, 0.1) is 11.8 Å². The lowest BCUT2D eigenvalue weighted by molar-refractivity contribution is -0.157. The lowest BCUT2D eigenvalue weighted by Gasteiger charge is -2.39. The summed E-state index contributed by atoms with van der Waals surface area (Å²) in [4.78, 5) is 40.8. The number of hydrogen-bond acceptors (Lipinski definition) is 6. The number of carbonyl (C=O) groups excluding carboxylic acids is 2. The number of amides is 2. The molecule has 0 aromatic rings. The van der Waals surface area contributed by atoms with Gasteiger partial charge in [0.2, 0.25) is 0 Å². The molecule has 2 amide bonds. The van der Waals surface area contributed by atoms with Gasteiger partial charge >= 0.3 is 11.8 Å². The molecule has 0 unspecified atom stereocenters. The summed E-state index contributed by atoms with van der Waals surface area (Å²) in [5.41, 5.74) is 1.93. The molecule has 30 heavy (non-hydrogen) atoms. The van der Waals surface area contributed by atoms with Crippen molar-refractivity contribution in [3.63, 3.8) is 0 Å². The average molecular weight is 415 g/mol. The third kappa shape index (κ3) is 3.28. The molecule has 6 aliphatic rings. The third-order valence-electron chi connectivity index (χ3n) is 7.92. The van der Waals surface area contributed by atoms with Crippen molar-refractivity contribution in [3.05, 3.63) is 0 Å². The molecule has 4 aliphatic heterocycles. The number of nitrogens with zero attached hydrogens (tertiary/aromatic N) is 4. The highest BCUT2D eigenvalue weighted by molar-refractivity contribution is 6.34. The average Bonchev–Trinajstić information content (AvgIpc) is 3.71. The maximum atomic E-state index is 12.9. The topological polar surface area (TPSA) is 83.8 Å². The van der Waals surface area contributed by atoms with E-state index in [0.29, 0.717) is 38.0 Å². The molecule has 0 atom stereocenters. The van der Waals surface area contributed by atoms with Gasteiger partial charge in [-0.15, -0.1) is 0 Å². The minimum absolute atomic E-state index is 0.242. The van der Waals surface area contributed by atoms with Crippen LogP contribution in [0.5, 0.6) is 0 Å². The molecule has 2 spiro atoms. The van der Waals surface area contributed by atoms with Crippen molar-refractivity contribution in [2.75, 3.05) is 26.2 Å². The van der Waals surface area contributed by atoms with E-state index < -0.39 is 0 Å². The Bertz CT molecular complexity index is 745. The Morgan fingerprint density at radius 3 is 1.40 bits per heavy atom. The number of carbonyl (C=O) groups is 2. The zero-order valence-corrected chi connectivity index (χ0v) is 17.5.